The standard InChI is InChI=1S/C22H27ClN2O.ClH/c1-17(2)26-13-7-12-24-14-19-16-25(22-11-6-4-9-20(19)22)15-18-8-3-5-10-21(18)23;/h3-6,8-11,16-17,24H,7,12-15H2,1-2H3;1H. The van der Waals surface area contributed by atoms with Crippen LogP contribution in [0.4, 0.5) is 0 Å². The predicted octanol–water partition coefficient (Wildman–Crippen LogP) is 5.67. The molecule has 0 saturated heterocycles. The van der Waals surface area contributed by atoms with Gasteiger partial charge >= 0.3 is 0 Å². The molecular formula is C22H28Cl2N2O. The molecular weight excluding hydrogens is 379 g/mol. The van der Waals surface area contributed by atoms with E-state index in [4.69, 9.17) is 16.3 Å². The molecule has 0 amide bonds. The minimum absolute atomic E-state index is 0. The second kappa shape index (κ2) is 10.7. The summed E-state index contributed by atoms with van der Waals surface area (Å²) in [4.78, 5) is 0. The van der Waals surface area contributed by atoms with E-state index in [-0.39, 0.29) is 12.4 Å². The number of nitrogens with one attached hydrogen (secondary N) is 1. The Hall–Kier alpha value is -1.52. The van der Waals surface area contributed by atoms with Crippen LogP contribution in [0.25, 0.3) is 10.9 Å². The molecule has 0 aliphatic carbocycles. The summed E-state index contributed by atoms with van der Waals surface area (Å²) in [5.41, 5.74) is 3.70. The molecule has 5 heteroatoms. The Morgan fingerprint density at radius 3 is 2.56 bits per heavy atom. The normalized spacial score (nSPS) is 11.1. The molecule has 0 aliphatic heterocycles. The first kappa shape index (κ1) is 21.8. The fraction of sp³-hybridized carbons (Fsp3) is 0.364. The van der Waals surface area contributed by atoms with Gasteiger partial charge in [0.05, 0.1) is 6.10 Å². The van der Waals surface area contributed by atoms with Crippen molar-refractivity contribution in [2.75, 3.05) is 13.2 Å². The Balaban J connectivity index is 0.00000261. The van der Waals surface area contributed by atoms with Crippen molar-refractivity contribution in [2.45, 2.75) is 39.5 Å². The Morgan fingerprint density at radius 2 is 1.78 bits per heavy atom. The van der Waals surface area contributed by atoms with Gasteiger partial charge in [-0.3, -0.25) is 0 Å². The quantitative estimate of drug-likeness (QED) is 0.463. The molecule has 3 aromatic rings. The third-order valence-corrected chi connectivity index (χ3v) is 4.80. The fourth-order valence-electron chi connectivity index (χ4n) is 3.14. The molecule has 0 fully saturated rings. The van der Waals surface area contributed by atoms with Gasteiger partial charge in [-0.2, -0.15) is 0 Å². The van der Waals surface area contributed by atoms with Crippen LogP contribution in [-0.4, -0.2) is 23.8 Å². The second-order valence-corrected chi connectivity index (χ2v) is 7.25. The summed E-state index contributed by atoms with van der Waals surface area (Å²) >= 11 is 6.35. The number of fused-ring (bicyclic) bond motifs is 1. The summed E-state index contributed by atoms with van der Waals surface area (Å²) in [6.45, 7) is 7.54. The number of rotatable bonds is 9. The van der Waals surface area contributed by atoms with Crippen molar-refractivity contribution in [3.63, 3.8) is 0 Å². The van der Waals surface area contributed by atoms with E-state index in [0.29, 0.717) is 6.10 Å². The summed E-state index contributed by atoms with van der Waals surface area (Å²) in [5.74, 6) is 0. The largest absolute Gasteiger partial charge is 0.379 e. The van der Waals surface area contributed by atoms with Crippen LogP contribution in [0.1, 0.15) is 31.4 Å². The highest BCUT2D eigenvalue weighted by Gasteiger charge is 2.09. The van der Waals surface area contributed by atoms with E-state index >= 15 is 0 Å². The van der Waals surface area contributed by atoms with Gasteiger partial charge in [0.15, 0.2) is 0 Å². The first-order chi connectivity index (χ1) is 12.6. The molecule has 0 bridgehead atoms. The molecule has 3 nitrogen and oxygen atoms in total. The maximum atomic E-state index is 6.35. The lowest BCUT2D eigenvalue weighted by Crippen LogP contribution is -2.17. The van der Waals surface area contributed by atoms with E-state index in [9.17, 15) is 0 Å². The number of halogens is 2. The van der Waals surface area contributed by atoms with Crippen molar-refractivity contribution in [3.05, 3.63) is 70.9 Å². The summed E-state index contributed by atoms with van der Waals surface area (Å²) in [6, 6.07) is 16.6. The van der Waals surface area contributed by atoms with Gasteiger partial charge in [0.2, 0.25) is 0 Å². The second-order valence-electron chi connectivity index (χ2n) is 6.84. The highest BCUT2D eigenvalue weighted by Crippen LogP contribution is 2.24. The lowest BCUT2D eigenvalue weighted by Gasteiger charge is -2.08. The molecule has 0 unspecified atom stereocenters. The molecule has 27 heavy (non-hydrogen) atoms. The molecule has 0 aliphatic rings. The van der Waals surface area contributed by atoms with Crippen LogP contribution in [0.3, 0.4) is 0 Å². The van der Waals surface area contributed by atoms with Crippen LogP contribution in [0, 0.1) is 0 Å². The van der Waals surface area contributed by atoms with Gasteiger partial charge in [0.1, 0.15) is 0 Å². The van der Waals surface area contributed by atoms with Crippen molar-refractivity contribution in [1.29, 1.82) is 0 Å². The monoisotopic (exact) mass is 406 g/mol. The minimum Gasteiger partial charge on any atom is -0.379 e. The van der Waals surface area contributed by atoms with Gasteiger partial charge < -0.3 is 14.6 Å². The Kier molecular flexibility index (Phi) is 8.65. The molecule has 0 saturated carbocycles. The molecule has 146 valence electrons. The van der Waals surface area contributed by atoms with E-state index in [1.807, 2.05) is 18.2 Å². The van der Waals surface area contributed by atoms with Crippen molar-refractivity contribution in [2.24, 2.45) is 0 Å². The van der Waals surface area contributed by atoms with E-state index in [1.165, 1.54) is 16.5 Å². The van der Waals surface area contributed by atoms with Gasteiger partial charge in [0.25, 0.3) is 0 Å². The Bertz CT molecular complexity index is 845. The van der Waals surface area contributed by atoms with Crippen LogP contribution in [0.15, 0.2) is 54.7 Å². The molecule has 3 rings (SSSR count). The first-order valence-electron chi connectivity index (χ1n) is 9.27. The van der Waals surface area contributed by atoms with Crippen molar-refractivity contribution in [3.8, 4) is 0 Å². The third kappa shape index (κ3) is 5.98. The van der Waals surface area contributed by atoms with Gasteiger partial charge in [-0.1, -0.05) is 48.0 Å². The van der Waals surface area contributed by atoms with Crippen LogP contribution in [0.2, 0.25) is 5.02 Å². The summed E-state index contributed by atoms with van der Waals surface area (Å²) in [5, 5.41) is 5.65. The summed E-state index contributed by atoms with van der Waals surface area (Å²) in [7, 11) is 0. The number of hydrogen-bond acceptors (Lipinski definition) is 2. The molecule has 0 atom stereocenters. The molecule has 1 heterocycles. The average Bonchev–Trinajstić information content (AvgIpc) is 2.98. The zero-order valence-electron chi connectivity index (χ0n) is 16.0. The highest BCUT2D eigenvalue weighted by atomic mass is 35.5. The molecule has 1 aromatic heterocycles. The Morgan fingerprint density at radius 1 is 1.04 bits per heavy atom. The van der Waals surface area contributed by atoms with Crippen molar-refractivity contribution < 1.29 is 4.74 Å². The molecule has 0 spiro atoms. The van der Waals surface area contributed by atoms with Crippen LogP contribution >= 0.6 is 24.0 Å². The first-order valence-corrected chi connectivity index (χ1v) is 9.65. The van der Waals surface area contributed by atoms with Crippen LogP contribution < -0.4 is 5.32 Å². The predicted molar refractivity (Wildman–Crippen MR) is 117 cm³/mol. The maximum Gasteiger partial charge on any atom is 0.0518 e. The fourth-order valence-corrected chi connectivity index (χ4v) is 3.34. The number of aromatic nitrogens is 1. The molecule has 2 aromatic carbocycles. The lowest BCUT2D eigenvalue weighted by molar-refractivity contribution is 0.0770. The lowest BCUT2D eigenvalue weighted by atomic mass is 10.2. The topological polar surface area (TPSA) is 26.2 Å². The van der Waals surface area contributed by atoms with Gasteiger partial charge in [-0.25, -0.2) is 0 Å². The van der Waals surface area contributed by atoms with Gasteiger partial charge in [-0.05, 0) is 50.1 Å². The van der Waals surface area contributed by atoms with E-state index in [1.54, 1.807) is 0 Å². The number of nitrogens with zero attached hydrogens (tertiary/aromatic N) is 1. The summed E-state index contributed by atoms with van der Waals surface area (Å²) in [6.07, 6.45) is 3.57. The number of para-hydroxylation sites is 1. The zero-order chi connectivity index (χ0) is 18.4. The zero-order valence-corrected chi connectivity index (χ0v) is 17.5. The Labute approximate surface area is 173 Å². The van der Waals surface area contributed by atoms with Gasteiger partial charge in [0, 0.05) is 41.8 Å². The average molecular weight is 407 g/mol. The number of hydrogen-bond donors (Lipinski definition) is 1. The number of ether oxygens (including phenoxy) is 1. The van der Waals surface area contributed by atoms with E-state index in [2.05, 4.69) is 60.3 Å². The molecule has 0 radical (unpaired) electrons. The smallest absolute Gasteiger partial charge is 0.0518 e. The summed E-state index contributed by atoms with van der Waals surface area (Å²) < 4.78 is 7.88. The van der Waals surface area contributed by atoms with E-state index in [0.717, 1.165) is 43.2 Å². The maximum absolute atomic E-state index is 6.35. The van der Waals surface area contributed by atoms with Crippen LogP contribution in [0.5, 0.6) is 0 Å². The van der Waals surface area contributed by atoms with Gasteiger partial charge in [-0.15, -0.1) is 12.4 Å². The minimum atomic E-state index is 0. The number of benzene rings is 2. The molecule has 1 N–H and O–H groups in total. The van der Waals surface area contributed by atoms with Crippen molar-refractivity contribution >= 4 is 34.9 Å². The van der Waals surface area contributed by atoms with E-state index < -0.39 is 0 Å². The SMILES string of the molecule is CC(C)OCCCNCc1cn(Cc2ccccc2Cl)c2ccccc12.Cl. The third-order valence-electron chi connectivity index (χ3n) is 4.43. The van der Waals surface area contributed by atoms with Crippen molar-refractivity contribution in [1.82, 2.24) is 9.88 Å². The highest BCUT2D eigenvalue weighted by molar-refractivity contribution is 6.31. The van der Waals surface area contributed by atoms with Crippen LogP contribution in [-0.2, 0) is 17.8 Å².